The fourth-order valence-electron chi connectivity index (χ4n) is 5.43. The van der Waals surface area contributed by atoms with Gasteiger partial charge in [0.25, 0.3) is 27.7 Å². The molecular weight excluding hydrogens is 758 g/mol. The van der Waals surface area contributed by atoms with Crippen molar-refractivity contribution in [3.63, 3.8) is 0 Å². The van der Waals surface area contributed by atoms with Crippen molar-refractivity contribution in [2.75, 3.05) is 35.6 Å². The maximum Gasteiger partial charge on any atom is 0.330 e. The summed E-state index contributed by atoms with van der Waals surface area (Å²) in [4.78, 5) is 58.0. The molecule has 13 nitrogen and oxygen atoms in total. The van der Waals surface area contributed by atoms with Crippen LogP contribution in [0, 0.1) is 71.2 Å². The second-order valence-corrected chi connectivity index (χ2v) is 13.5. The van der Waals surface area contributed by atoms with E-state index in [1.807, 2.05) is 6.07 Å². The molecule has 0 radical (unpaired) electrons. The van der Waals surface area contributed by atoms with Crippen molar-refractivity contribution in [1.29, 1.82) is 0 Å². The highest BCUT2D eigenvalue weighted by atomic mass is 35.5. The van der Waals surface area contributed by atoms with E-state index in [-0.39, 0.29) is 33.6 Å². The van der Waals surface area contributed by atoms with E-state index in [1.165, 1.54) is 43.3 Å². The molecule has 3 aromatic rings. The second kappa shape index (κ2) is 18.2. The third kappa shape index (κ3) is 9.07. The highest BCUT2D eigenvalue weighted by Gasteiger charge is 2.53. The number of carbonyl (C=O) groups is 4. The minimum Gasteiger partial charge on any atom is -0.404 e. The number of ether oxygens (including phenoxy) is 2. The summed E-state index contributed by atoms with van der Waals surface area (Å²) in [5, 5.41) is 2.61. The number of carbonyl (C=O) groups excluding carboxylic acids is 4. The van der Waals surface area contributed by atoms with Gasteiger partial charge in [-0.15, -0.1) is 0 Å². The largest absolute Gasteiger partial charge is 0.404 e. The molecular formula is C41H28ClN5O8S. The molecule has 2 heterocycles. The van der Waals surface area contributed by atoms with Crippen LogP contribution in [0.25, 0.3) is 0 Å². The van der Waals surface area contributed by atoms with Crippen molar-refractivity contribution < 1.29 is 37.1 Å². The van der Waals surface area contributed by atoms with Crippen LogP contribution in [0.4, 0.5) is 21.9 Å². The summed E-state index contributed by atoms with van der Waals surface area (Å²) < 4.78 is 40.2. The Kier molecular flexibility index (Phi) is 12.9. The van der Waals surface area contributed by atoms with Crippen LogP contribution in [0.15, 0.2) is 71.6 Å². The summed E-state index contributed by atoms with van der Waals surface area (Å²) in [6, 6.07) is 13.5. The molecule has 5 amide bonds. The Bertz CT molecular complexity index is 2630. The first kappa shape index (κ1) is 39.9. The van der Waals surface area contributed by atoms with Gasteiger partial charge in [0.1, 0.15) is 6.11 Å². The molecule has 5 rings (SSSR count). The lowest BCUT2D eigenvalue weighted by molar-refractivity contribution is -0.146. The maximum atomic E-state index is 14.3. The standard InChI is InChI=1S/C41H28ClN5O8S/c1-4-5-6-7-8-9-10-11-12-13-18-27-55-35-24-23-30(56(52,53)44-32-21-16-15-20-31(32)42)28-33(35)43-37(48)36(47-39(50)40(54-3)45(2)41(47)51)38(49)46-26-25-29-19-14-17-22-34(29)46/h14-17,19-24,28,36,40,44H,25-26H2,1-3H3,(H,43,48). The third-order valence-electron chi connectivity index (χ3n) is 7.96. The zero-order chi connectivity index (χ0) is 40.2. The van der Waals surface area contributed by atoms with Crippen LogP contribution in [0.1, 0.15) is 12.5 Å². The van der Waals surface area contributed by atoms with E-state index in [0.717, 1.165) is 16.5 Å². The van der Waals surface area contributed by atoms with Crippen molar-refractivity contribution in [3.05, 3.63) is 77.3 Å². The Morgan fingerprint density at radius 1 is 0.875 bits per heavy atom. The normalized spacial score (nSPS) is 14.2. The fourth-order valence-corrected chi connectivity index (χ4v) is 6.78. The van der Waals surface area contributed by atoms with E-state index >= 15 is 0 Å². The highest BCUT2D eigenvalue weighted by Crippen LogP contribution is 2.33. The average Bonchev–Trinajstić information content (AvgIpc) is 3.70. The lowest BCUT2D eigenvalue weighted by atomic mass is 10.1. The van der Waals surface area contributed by atoms with Crippen LogP contribution in [0.2, 0.25) is 5.02 Å². The number of nitrogens with zero attached hydrogens (tertiary/aromatic N) is 3. The molecule has 56 heavy (non-hydrogen) atoms. The number of sulfonamides is 1. The number of amides is 5. The second-order valence-electron chi connectivity index (χ2n) is 11.4. The smallest absolute Gasteiger partial charge is 0.330 e. The molecule has 3 aromatic carbocycles. The Labute approximate surface area is 328 Å². The predicted molar refractivity (Wildman–Crippen MR) is 207 cm³/mol. The zero-order valence-electron chi connectivity index (χ0n) is 29.8. The first-order chi connectivity index (χ1) is 27.0. The van der Waals surface area contributed by atoms with Gasteiger partial charge in [-0.25, -0.2) is 18.1 Å². The lowest BCUT2D eigenvalue weighted by Gasteiger charge is -2.28. The van der Waals surface area contributed by atoms with Gasteiger partial charge in [0.05, 0.1) is 21.3 Å². The Morgan fingerprint density at radius 2 is 1.52 bits per heavy atom. The van der Waals surface area contributed by atoms with E-state index < -0.39 is 46.0 Å². The molecule has 2 aliphatic heterocycles. The van der Waals surface area contributed by atoms with Crippen LogP contribution >= 0.6 is 11.6 Å². The summed E-state index contributed by atoms with van der Waals surface area (Å²) in [5.74, 6) is 24.1. The molecule has 2 N–H and O–H groups in total. The van der Waals surface area contributed by atoms with Gasteiger partial charge in [-0.2, -0.15) is 0 Å². The van der Waals surface area contributed by atoms with E-state index in [9.17, 15) is 27.6 Å². The molecule has 2 unspecified atom stereocenters. The van der Waals surface area contributed by atoms with Gasteiger partial charge in [0.15, 0.2) is 11.8 Å². The minimum atomic E-state index is -4.35. The number of benzene rings is 3. The maximum absolute atomic E-state index is 14.3. The lowest BCUT2D eigenvalue weighted by Crippen LogP contribution is -2.57. The van der Waals surface area contributed by atoms with E-state index in [4.69, 9.17) is 21.1 Å². The fraction of sp³-hybridized carbons (Fsp3) is 0.171. The highest BCUT2D eigenvalue weighted by molar-refractivity contribution is 7.92. The number of rotatable bonds is 9. The molecule has 0 bridgehead atoms. The number of imide groups is 1. The number of anilines is 3. The number of halogens is 1. The van der Waals surface area contributed by atoms with Gasteiger partial charge in [0.2, 0.25) is 6.23 Å². The first-order valence-corrected chi connectivity index (χ1v) is 18.2. The number of urea groups is 1. The topological polar surface area (TPSA) is 155 Å². The monoisotopic (exact) mass is 785 g/mol. The third-order valence-corrected chi connectivity index (χ3v) is 9.65. The van der Waals surface area contributed by atoms with Gasteiger partial charge < -0.3 is 19.7 Å². The Morgan fingerprint density at radius 3 is 2.18 bits per heavy atom. The van der Waals surface area contributed by atoms with Crippen molar-refractivity contribution >= 4 is 62.4 Å². The summed E-state index contributed by atoms with van der Waals surface area (Å²) in [6.07, 6.45) is 1.37. The first-order valence-electron chi connectivity index (χ1n) is 16.3. The predicted octanol–water partition coefficient (Wildman–Crippen LogP) is 3.28. The SMILES string of the molecule is CC#CC#CC#CC#CC#CC#COc1ccc(S(=O)(=O)Nc2ccccc2Cl)cc1NC(=O)C(C(=O)N1CCc2ccccc21)N1C(=O)C(OC)N(C)C1=O. The number of para-hydroxylation sites is 2. The van der Waals surface area contributed by atoms with Crippen molar-refractivity contribution in [1.82, 2.24) is 9.80 Å². The van der Waals surface area contributed by atoms with Gasteiger partial charge in [0, 0.05) is 56.0 Å². The van der Waals surface area contributed by atoms with E-state index in [2.05, 4.69) is 81.3 Å². The minimum absolute atomic E-state index is 0.0803. The van der Waals surface area contributed by atoms with Crippen LogP contribution in [0.5, 0.6) is 5.75 Å². The summed E-state index contributed by atoms with van der Waals surface area (Å²) in [7, 11) is -1.87. The van der Waals surface area contributed by atoms with Crippen LogP contribution < -0.4 is 19.7 Å². The molecule has 2 aliphatic rings. The zero-order valence-corrected chi connectivity index (χ0v) is 31.4. The Balaban J connectivity index is 1.51. The molecule has 2 atom stereocenters. The molecule has 278 valence electrons. The van der Waals surface area contributed by atoms with Crippen molar-refractivity contribution in [2.45, 2.75) is 30.5 Å². The van der Waals surface area contributed by atoms with Gasteiger partial charge in [-0.3, -0.25) is 24.0 Å². The molecule has 1 fully saturated rings. The summed E-state index contributed by atoms with van der Waals surface area (Å²) in [5.41, 5.74) is 1.10. The van der Waals surface area contributed by atoms with Crippen molar-refractivity contribution in [3.8, 4) is 77.0 Å². The Hall–Kier alpha value is -7.30. The molecule has 0 saturated carbocycles. The number of nitrogens with one attached hydrogen (secondary N) is 2. The van der Waals surface area contributed by atoms with Gasteiger partial charge >= 0.3 is 6.03 Å². The molecule has 0 spiro atoms. The number of hydrogen-bond acceptors (Lipinski definition) is 8. The number of likely N-dealkylation sites (N-methyl/N-ethyl adjacent to an activating group) is 1. The van der Waals surface area contributed by atoms with E-state index in [1.54, 1.807) is 37.3 Å². The molecule has 15 heteroatoms. The van der Waals surface area contributed by atoms with Crippen molar-refractivity contribution in [2.24, 2.45) is 0 Å². The van der Waals surface area contributed by atoms with Gasteiger partial charge in [-0.05, 0) is 84.9 Å². The summed E-state index contributed by atoms with van der Waals surface area (Å²) >= 11 is 6.19. The van der Waals surface area contributed by atoms with E-state index in [0.29, 0.717) is 17.0 Å². The summed E-state index contributed by atoms with van der Waals surface area (Å²) in [6.45, 7) is 1.80. The molecule has 0 aliphatic carbocycles. The molecule has 1 saturated heterocycles. The van der Waals surface area contributed by atoms with Gasteiger partial charge in [-0.1, -0.05) is 47.9 Å². The van der Waals surface area contributed by atoms with Crippen LogP contribution in [-0.2, 0) is 35.6 Å². The number of hydrogen-bond donors (Lipinski definition) is 2. The number of fused-ring (bicyclic) bond motifs is 1. The molecule has 0 aromatic heterocycles. The van der Waals surface area contributed by atoms with Crippen LogP contribution in [-0.4, -0.2) is 74.9 Å². The van der Waals surface area contributed by atoms with Crippen LogP contribution in [0.3, 0.4) is 0 Å². The number of methoxy groups -OCH3 is 1. The average molecular weight is 786 g/mol. The quantitative estimate of drug-likeness (QED) is 0.191.